The first-order valence-corrected chi connectivity index (χ1v) is 10.8. The van der Waals surface area contributed by atoms with E-state index in [1.165, 1.54) is 0 Å². The van der Waals surface area contributed by atoms with E-state index in [4.69, 9.17) is 0 Å². The summed E-state index contributed by atoms with van der Waals surface area (Å²) in [4.78, 5) is 31.5. The lowest BCUT2D eigenvalue weighted by molar-refractivity contribution is -0.142. The molecule has 2 amide bonds. The van der Waals surface area contributed by atoms with Gasteiger partial charge in [-0.15, -0.1) is 0 Å². The van der Waals surface area contributed by atoms with Crippen molar-refractivity contribution in [1.29, 1.82) is 0 Å². The largest absolute Gasteiger partial charge is 0.289 e. The van der Waals surface area contributed by atoms with E-state index in [1.54, 1.807) is 13.8 Å². The molecule has 0 N–H and O–H groups in total. The molecular formula is C26H32N2O2. The zero-order valence-electron chi connectivity index (χ0n) is 19.3. The molecule has 2 aromatic carbocycles. The minimum Gasteiger partial charge on any atom is -0.289 e. The monoisotopic (exact) mass is 404 g/mol. The van der Waals surface area contributed by atoms with E-state index >= 15 is 0 Å². The molecule has 0 spiro atoms. The highest BCUT2D eigenvalue weighted by molar-refractivity contribution is 6.21. The Labute approximate surface area is 179 Å². The zero-order chi connectivity index (χ0) is 22.2. The smallest absolute Gasteiger partial charge is 0.243 e. The molecule has 1 fully saturated rings. The van der Waals surface area contributed by atoms with Crippen LogP contribution in [-0.4, -0.2) is 18.0 Å². The minimum absolute atomic E-state index is 0.116. The molecule has 30 heavy (non-hydrogen) atoms. The Hall–Kier alpha value is -2.62. The Morgan fingerprint density at radius 1 is 0.800 bits per heavy atom. The molecule has 2 aliphatic heterocycles. The Bertz CT molecular complexity index is 1060. The number of benzene rings is 2. The molecule has 2 heterocycles. The number of nitrogens with zero attached hydrogens (tertiary/aromatic N) is 2. The number of anilines is 2. The number of carbonyl (C=O) groups excluding carboxylic acids is 2. The van der Waals surface area contributed by atoms with Crippen molar-refractivity contribution in [3.8, 4) is 0 Å². The van der Waals surface area contributed by atoms with Crippen molar-refractivity contribution in [2.24, 2.45) is 5.41 Å². The molecular weight excluding hydrogens is 372 g/mol. The van der Waals surface area contributed by atoms with Gasteiger partial charge in [-0.25, -0.2) is 0 Å². The first-order valence-electron chi connectivity index (χ1n) is 10.8. The van der Waals surface area contributed by atoms with Crippen molar-refractivity contribution in [2.75, 3.05) is 9.80 Å². The summed E-state index contributed by atoms with van der Waals surface area (Å²) >= 11 is 0. The number of hydrogen-bond acceptors (Lipinski definition) is 2. The average Bonchev–Trinajstić information content (AvgIpc) is 2.90. The maximum Gasteiger partial charge on any atom is 0.243 e. The number of aryl methyl sites for hydroxylation is 2. The lowest BCUT2D eigenvalue weighted by atomic mass is 9.79. The standard InChI is InChI=1S/C26H32N2O2/c1-15(2)18-13-9-11-16(3)20(18)27-22-25(5,6)19-14-10-12-17(4)21(19)28(22)24(30)26(7,8)23(27)29/h9-15,22H,1-8H3. The van der Waals surface area contributed by atoms with Crippen LogP contribution in [-0.2, 0) is 15.0 Å². The molecule has 1 atom stereocenters. The number of para-hydroxylation sites is 2. The number of rotatable bonds is 2. The molecule has 1 unspecified atom stereocenters. The molecule has 0 radical (unpaired) electrons. The average molecular weight is 405 g/mol. The molecule has 4 heteroatoms. The second-order valence-electron chi connectivity index (χ2n) is 10.2. The lowest BCUT2D eigenvalue weighted by Crippen LogP contribution is -2.69. The van der Waals surface area contributed by atoms with Crippen LogP contribution in [0.5, 0.6) is 0 Å². The van der Waals surface area contributed by atoms with Crippen LogP contribution in [0.1, 0.15) is 69.7 Å². The van der Waals surface area contributed by atoms with Gasteiger partial charge in [0.15, 0.2) is 0 Å². The molecule has 4 rings (SSSR count). The third-order valence-electron chi connectivity index (χ3n) is 6.95. The van der Waals surface area contributed by atoms with Gasteiger partial charge in [0.25, 0.3) is 0 Å². The highest BCUT2D eigenvalue weighted by Gasteiger charge is 2.61. The fraction of sp³-hybridized carbons (Fsp3) is 0.462. The van der Waals surface area contributed by atoms with E-state index in [-0.39, 0.29) is 23.9 Å². The van der Waals surface area contributed by atoms with Gasteiger partial charge in [0.05, 0.1) is 11.4 Å². The highest BCUT2D eigenvalue weighted by Crippen LogP contribution is 2.54. The van der Waals surface area contributed by atoms with Gasteiger partial charge >= 0.3 is 0 Å². The molecule has 0 aromatic heterocycles. The number of hydrogen-bond donors (Lipinski definition) is 0. The zero-order valence-corrected chi connectivity index (χ0v) is 19.3. The normalized spacial score (nSPS) is 21.8. The van der Waals surface area contributed by atoms with Crippen molar-refractivity contribution >= 4 is 23.2 Å². The highest BCUT2D eigenvalue weighted by atomic mass is 16.2. The van der Waals surface area contributed by atoms with Gasteiger partial charge in [0.2, 0.25) is 11.8 Å². The predicted molar refractivity (Wildman–Crippen MR) is 122 cm³/mol. The molecule has 2 aromatic rings. The van der Waals surface area contributed by atoms with Gasteiger partial charge in [0.1, 0.15) is 11.6 Å². The van der Waals surface area contributed by atoms with Crippen molar-refractivity contribution in [2.45, 2.75) is 72.9 Å². The van der Waals surface area contributed by atoms with Crippen LogP contribution in [0.15, 0.2) is 36.4 Å². The minimum atomic E-state index is -1.13. The van der Waals surface area contributed by atoms with Crippen LogP contribution in [0.3, 0.4) is 0 Å². The predicted octanol–water partition coefficient (Wildman–Crippen LogP) is 5.45. The Morgan fingerprint density at radius 3 is 1.87 bits per heavy atom. The van der Waals surface area contributed by atoms with Crippen LogP contribution in [0.25, 0.3) is 0 Å². The van der Waals surface area contributed by atoms with Gasteiger partial charge in [-0.1, -0.05) is 64.1 Å². The van der Waals surface area contributed by atoms with E-state index in [9.17, 15) is 9.59 Å². The summed E-state index contributed by atoms with van der Waals surface area (Å²) in [6.45, 7) is 16.2. The van der Waals surface area contributed by atoms with E-state index in [0.29, 0.717) is 0 Å². The summed E-state index contributed by atoms with van der Waals surface area (Å²) < 4.78 is 0. The lowest BCUT2D eigenvalue weighted by Gasteiger charge is -2.50. The maximum atomic E-state index is 13.9. The van der Waals surface area contributed by atoms with Crippen LogP contribution in [0.4, 0.5) is 11.4 Å². The third kappa shape index (κ3) is 2.52. The molecule has 4 nitrogen and oxygen atoms in total. The number of fused-ring (bicyclic) bond motifs is 3. The summed E-state index contributed by atoms with van der Waals surface area (Å²) in [6.07, 6.45) is -0.389. The Kier molecular flexibility index (Phi) is 4.43. The van der Waals surface area contributed by atoms with Crippen LogP contribution in [0.2, 0.25) is 0 Å². The van der Waals surface area contributed by atoms with Gasteiger partial charge in [-0.3, -0.25) is 19.4 Å². The van der Waals surface area contributed by atoms with E-state index in [2.05, 4.69) is 58.9 Å². The number of amides is 2. The molecule has 2 aliphatic rings. The van der Waals surface area contributed by atoms with Crippen molar-refractivity contribution < 1.29 is 9.59 Å². The first-order chi connectivity index (χ1) is 13.9. The van der Waals surface area contributed by atoms with E-state index in [1.807, 2.05) is 28.9 Å². The van der Waals surface area contributed by atoms with Gasteiger partial charge in [-0.05, 0) is 55.9 Å². The van der Waals surface area contributed by atoms with Gasteiger partial charge < -0.3 is 0 Å². The Balaban J connectivity index is 2.06. The topological polar surface area (TPSA) is 40.6 Å². The molecule has 1 saturated heterocycles. The Morgan fingerprint density at radius 2 is 1.30 bits per heavy atom. The fourth-order valence-corrected chi connectivity index (χ4v) is 5.24. The number of carbonyl (C=O) groups is 2. The van der Waals surface area contributed by atoms with Gasteiger partial charge in [-0.2, -0.15) is 0 Å². The maximum absolute atomic E-state index is 13.9. The summed E-state index contributed by atoms with van der Waals surface area (Å²) in [5.41, 5.74) is 4.76. The summed E-state index contributed by atoms with van der Waals surface area (Å²) in [6, 6.07) is 12.4. The molecule has 0 bridgehead atoms. The van der Waals surface area contributed by atoms with Gasteiger partial charge in [0, 0.05) is 5.41 Å². The van der Waals surface area contributed by atoms with Crippen LogP contribution >= 0.6 is 0 Å². The fourth-order valence-electron chi connectivity index (χ4n) is 5.24. The van der Waals surface area contributed by atoms with Crippen molar-refractivity contribution in [1.82, 2.24) is 0 Å². The molecule has 0 aliphatic carbocycles. The van der Waals surface area contributed by atoms with E-state index in [0.717, 1.165) is 33.6 Å². The molecule has 0 saturated carbocycles. The summed E-state index contributed by atoms with van der Waals surface area (Å²) in [5.74, 6) is 0.0218. The quantitative estimate of drug-likeness (QED) is 0.625. The second-order valence-corrected chi connectivity index (χ2v) is 10.2. The van der Waals surface area contributed by atoms with Crippen LogP contribution in [0, 0.1) is 19.3 Å². The van der Waals surface area contributed by atoms with Crippen molar-refractivity contribution in [3.05, 3.63) is 58.7 Å². The van der Waals surface area contributed by atoms with Crippen LogP contribution < -0.4 is 9.80 Å². The second kappa shape index (κ2) is 6.44. The molecule has 158 valence electrons. The third-order valence-corrected chi connectivity index (χ3v) is 6.95. The summed E-state index contributed by atoms with van der Waals surface area (Å²) in [5, 5.41) is 0. The van der Waals surface area contributed by atoms with E-state index < -0.39 is 10.8 Å². The summed E-state index contributed by atoms with van der Waals surface area (Å²) in [7, 11) is 0. The van der Waals surface area contributed by atoms with Crippen molar-refractivity contribution in [3.63, 3.8) is 0 Å². The first kappa shape index (κ1) is 20.6. The SMILES string of the molecule is Cc1cccc(C(C)C)c1N1C(=O)C(C)(C)C(=O)N2c3c(C)cccc3C(C)(C)C12.